The Morgan fingerprint density at radius 2 is 1.82 bits per heavy atom. The van der Waals surface area contributed by atoms with Gasteiger partial charge in [0.15, 0.2) is 0 Å². The van der Waals surface area contributed by atoms with E-state index in [1.54, 1.807) is 6.07 Å². The van der Waals surface area contributed by atoms with Gasteiger partial charge >= 0.3 is 29.6 Å². The molecule has 0 radical (unpaired) electrons. The van der Waals surface area contributed by atoms with E-state index in [-0.39, 0.29) is 46.5 Å². The number of rotatable bonds is 4. The first kappa shape index (κ1) is 18.2. The first-order valence-corrected chi connectivity index (χ1v) is 6.23. The van der Waals surface area contributed by atoms with Gasteiger partial charge in [-0.1, -0.05) is 12.1 Å². The van der Waals surface area contributed by atoms with Gasteiger partial charge in [0.05, 0.1) is 16.6 Å². The van der Waals surface area contributed by atoms with Gasteiger partial charge in [-0.15, -0.1) is 0 Å². The second-order valence-corrected chi connectivity index (χ2v) is 4.65. The normalized spacial score (nSPS) is 9.73. The number of nitro groups is 1. The van der Waals surface area contributed by atoms with Crippen molar-refractivity contribution in [3.63, 3.8) is 0 Å². The molecule has 0 unspecified atom stereocenters. The van der Waals surface area contributed by atoms with E-state index >= 15 is 0 Å². The largest absolute Gasteiger partial charge is 1.00 e. The number of anilines is 2. The molecule has 1 N–H and O–H groups in total. The number of hydrogen-bond donors (Lipinski definition) is 1. The van der Waals surface area contributed by atoms with Crippen molar-refractivity contribution >= 4 is 23.0 Å². The van der Waals surface area contributed by atoms with Crippen LogP contribution in [0, 0.1) is 24.0 Å². The molecule has 108 valence electrons. The standard InChI is InChI=1S/C15H14N2O4.Na/c1-9-4-3-5-13(10(9)2)16-14-8-11(17(20)21)6-7-12(14)15(18)19;/h3-8,16H,1-2H3,(H,18,19);/q;+1/p-1. The zero-order valence-electron chi connectivity index (χ0n) is 12.5. The van der Waals surface area contributed by atoms with E-state index in [1.807, 2.05) is 26.0 Å². The van der Waals surface area contributed by atoms with E-state index in [0.717, 1.165) is 17.2 Å². The van der Waals surface area contributed by atoms with E-state index < -0.39 is 10.9 Å². The molecule has 6 nitrogen and oxygen atoms in total. The van der Waals surface area contributed by atoms with Gasteiger partial charge in [0, 0.05) is 23.4 Å². The van der Waals surface area contributed by atoms with Crippen molar-refractivity contribution in [2.45, 2.75) is 13.8 Å². The van der Waals surface area contributed by atoms with E-state index in [1.165, 1.54) is 12.1 Å². The molecule has 0 heterocycles. The molecule has 22 heavy (non-hydrogen) atoms. The second kappa shape index (κ2) is 7.40. The summed E-state index contributed by atoms with van der Waals surface area (Å²) in [6, 6.07) is 9.02. The van der Waals surface area contributed by atoms with Crippen LogP contribution in [0.2, 0.25) is 0 Å². The minimum atomic E-state index is -1.39. The van der Waals surface area contributed by atoms with Crippen LogP contribution in [0.1, 0.15) is 21.5 Å². The SMILES string of the molecule is Cc1cccc(Nc2cc([N+](=O)[O-])ccc2C(=O)[O-])c1C.[Na+]. The maximum Gasteiger partial charge on any atom is 1.00 e. The molecule has 0 aliphatic rings. The van der Waals surface area contributed by atoms with Crippen molar-refractivity contribution in [2.75, 3.05) is 5.32 Å². The fraction of sp³-hybridized carbons (Fsp3) is 0.133. The molecule has 0 amide bonds. The van der Waals surface area contributed by atoms with Gasteiger partial charge in [-0.3, -0.25) is 10.1 Å². The monoisotopic (exact) mass is 308 g/mol. The van der Waals surface area contributed by atoms with Crippen molar-refractivity contribution in [1.29, 1.82) is 0 Å². The van der Waals surface area contributed by atoms with Gasteiger partial charge in [-0.2, -0.15) is 0 Å². The van der Waals surface area contributed by atoms with E-state index in [0.29, 0.717) is 5.69 Å². The Bertz CT molecular complexity index is 731. The second-order valence-electron chi connectivity index (χ2n) is 4.65. The molecule has 0 bridgehead atoms. The summed E-state index contributed by atoms with van der Waals surface area (Å²) < 4.78 is 0. The minimum absolute atomic E-state index is 0. The number of aromatic carboxylic acids is 1. The summed E-state index contributed by atoms with van der Waals surface area (Å²) in [5.41, 5.74) is 2.49. The third-order valence-corrected chi connectivity index (χ3v) is 3.31. The van der Waals surface area contributed by atoms with Gasteiger partial charge in [0.2, 0.25) is 0 Å². The number of carbonyl (C=O) groups excluding carboxylic acids is 1. The summed E-state index contributed by atoms with van der Waals surface area (Å²) >= 11 is 0. The molecule has 0 saturated carbocycles. The average molecular weight is 308 g/mol. The van der Waals surface area contributed by atoms with Crippen LogP contribution < -0.4 is 40.0 Å². The van der Waals surface area contributed by atoms with Crippen molar-refractivity contribution in [3.8, 4) is 0 Å². The molecule has 2 rings (SSSR count). The van der Waals surface area contributed by atoms with Crippen LogP contribution in [0.25, 0.3) is 0 Å². The Labute approximate surface area is 149 Å². The quantitative estimate of drug-likeness (QED) is 0.459. The smallest absolute Gasteiger partial charge is 0.545 e. The number of benzene rings is 2. The van der Waals surface area contributed by atoms with Crippen molar-refractivity contribution in [3.05, 3.63) is 63.2 Å². The third kappa shape index (κ3) is 3.85. The Morgan fingerprint density at radius 3 is 2.41 bits per heavy atom. The van der Waals surface area contributed by atoms with Crippen LogP contribution >= 0.6 is 0 Å². The number of carboxylic acids is 1. The molecule has 0 saturated heterocycles. The summed E-state index contributed by atoms with van der Waals surface area (Å²) in [6.07, 6.45) is 0. The maximum absolute atomic E-state index is 11.1. The number of carboxylic acid groups (broad SMARTS) is 1. The van der Waals surface area contributed by atoms with Crippen LogP contribution in [0.4, 0.5) is 17.1 Å². The Kier molecular flexibility index (Phi) is 6.11. The maximum atomic E-state index is 11.1. The van der Waals surface area contributed by atoms with Crippen molar-refractivity contribution in [1.82, 2.24) is 0 Å². The Hall–Kier alpha value is -1.89. The first-order valence-electron chi connectivity index (χ1n) is 6.23. The summed E-state index contributed by atoms with van der Waals surface area (Å²) in [5, 5.41) is 24.9. The zero-order chi connectivity index (χ0) is 15.6. The number of non-ortho nitro benzene ring substituents is 1. The number of nitro benzene ring substituents is 1. The van der Waals surface area contributed by atoms with Crippen LogP contribution in [-0.2, 0) is 0 Å². The molecule has 2 aromatic carbocycles. The zero-order valence-corrected chi connectivity index (χ0v) is 14.5. The summed E-state index contributed by atoms with van der Waals surface area (Å²) in [6.45, 7) is 3.81. The van der Waals surface area contributed by atoms with E-state index in [2.05, 4.69) is 5.32 Å². The topological polar surface area (TPSA) is 95.3 Å². The molecule has 2 aromatic rings. The van der Waals surface area contributed by atoms with Crippen molar-refractivity contribution < 1.29 is 44.4 Å². The molecular formula is C15H13N2NaO4. The van der Waals surface area contributed by atoms with Gasteiger partial charge in [0.25, 0.3) is 5.69 Å². The molecule has 0 spiro atoms. The average Bonchev–Trinajstić information content (AvgIpc) is 2.43. The fourth-order valence-electron chi connectivity index (χ4n) is 1.96. The number of carbonyl (C=O) groups is 1. The molecular weight excluding hydrogens is 295 g/mol. The van der Waals surface area contributed by atoms with Crippen molar-refractivity contribution in [2.24, 2.45) is 0 Å². The van der Waals surface area contributed by atoms with Gasteiger partial charge in [0.1, 0.15) is 0 Å². The van der Waals surface area contributed by atoms with Gasteiger partial charge in [-0.05, 0) is 37.1 Å². The number of nitrogens with one attached hydrogen (secondary N) is 1. The number of aryl methyl sites for hydroxylation is 1. The van der Waals surface area contributed by atoms with Crippen LogP contribution in [0.3, 0.4) is 0 Å². The number of hydrogen-bond acceptors (Lipinski definition) is 5. The third-order valence-electron chi connectivity index (χ3n) is 3.31. The van der Waals surface area contributed by atoms with Crippen LogP contribution in [-0.4, -0.2) is 10.9 Å². The van der Waals surface area contributed by atoms with E-state index in [9.17, 15) is 20.0 Å². The summed E-state index contributed by atoms with van der Waals surface area (Å²) in [5.74, 6) is -1.39. The first-order chi connectivity index (χ1) is 9.90. The molecule has 0 aliphatic heterocycles. The van der Waals surface area contributed by atoms with Crippen LogP contribution in [0.15, 0.2) is 36.4 Å². The number of nitrogens with zero attached hydrogens (tertiary/aromatic N) is 1. The molecule has 0 aromatic heterocycles. The molecule has 0 atom stereocenters. The Balaban J connectivity index is 0.00000242. The fourth-order valence-corrected chi connectivity index (χ4v) is 1.96. The van der Waals surface area contributed by atoms with Gasteiger partial charge < -0.3 is 15.2 Å². The summed E-state index contributed by atoms with van der Waals surface area (Å²) in [4.78, 5) is 21.4. The molecule has 0 aliphatic carbocycles. The molecule has 7 heteroatoms. The van der Waals surface area contributed by atoms with E-state index in [4.69, 9.17) is 0 Å². The predicted molar refractivity (Wildman–Crippen MR) is 76.6 cm³/mol. The summed E-state index contributed by atoms with van der Waals surface area (Å²) in [7, 11) is 0. The predicted octanol–water partition coefficient (Wildman–Crippen LogP) is -0.677. The minimum Gasteiger partial charge on any atom is -0.545 e. The van der Waals surface area contributed by atoms with Crippen LogP contribution in [0.5, 0.6) is 0 Å². The Morgan fingerprint density at radius 1 is 1.14 bits per heavy atom. The molecule has 0 fully saturated rings. The van der Waals surface area contributed by atoms with Gasteiger partial charge in [-0.25, -0.2) is 0 Å².